The number of likely N-dealkylation sites (N-methyl/N-ethyl adjacent to an activating group) is 1. The van der Waals surface area contributed by atoms with Crippen LogP contribution in [0.5, 0.6) is 11.5 Å². The lowest BCUT2D eigenvalue weighted by molar-refractivity contribution is -0.140. The molecule has 0 aromatic heterocycles. The highest BCUT2D eigenvalue weighted by atomic mass is 16.5. The molecule has 1 fully saturated rings. The molecule has 7 heteroatoms. The van der Waals surface area contributed by atoms with Gasteiger partial charge in [-0.3, -0.25) is 9.59 Å². The topological polar surface area (TPSA) is 79.3 Å². The standard InChI is InChI=1S/C27H34N2O5/c1-5-18-34-22-14-8-19(9-15-22)24-23(25(30)20-10-12-21(33-4)13-11-20)26(31)27(32)29(24)17-16-28(6-2)7-3/h8-15,24,30H,5-7,16-18H2,1-4H3/t24-/m1/s1. The lowest BCUT2D eigenvalue weighted by atomic mass is 9.95. The van der Waals surface area contributed by atoms with Crippen LogP contribution < -0.4 is 9.47 Å². The smallest absolute Gasteiger partial charge is 0.295 e. The van der Waals surface area contributed by atoms with Crippen LogP contribution in [0.4, 0.5) is 0 Å². The maximum absolute atomic E-state index is 13.2. The molecule has 1 heterocycles. The minimum Gasteiger partial charge on any atom is -0.507 e. The minimum atomic E-state index is -0.683. The summed E-state index contributed by atoms with van der Waals surface area (Å²) in [6.45, 7) is 9.49. The number of rotatable bonds is 11. The van der Waals surface area contributed by atoms with Crippen LogP contribution >= 0.6 is 0 Å². The lowest BCUT2D eigenvalue weighted by Gasteiger charge is -2.28. The molecular weight excluding hydrogens is 432 g/mol. The summed E-state index contributed by atoms with van der Waals surface area (Å²) in [5.74, 6) is -0.110. The van der Waals surface area contributed by atoms with Crippen molar-refractivity contribution in [1.29, 1.82) is 0 Å². The Hall–Kier alpha value is -3.32. The number of nitrogens with zero attached hydrogens (tertiary/aromatic N) is 2. The summed E-state index contributed by atoms with van der Waals surface area (Å²) in [7, 11) is 1.56. The van der Waals surface area contributed by atoms with E-state index >= 15 is 0 Å². The Kier molecular flexibility index (Phi) is 8.71. The molecule has 1 saturated heterocycles. The zero-order valence-corrected chi connectivity index (χ0v) is 20.4. The van der Waals surface area contributed by atoms with Crippen molar-refractivity contribution in [1.82, 2.24) is 9.80 Å². The minimum absolute atomic E-state index is 0.0944. The largest absolute Gasteiger partial charge is 0.507 e. The summed E-state index contributed by atoms with van der Waals surface area (Å²) < 4.78 is 10.9. The van der Waals surface area contributed by atoms with Gasteiger partial charge in [-0.2, -0.15) is 0 Å². The molecule has 1 aliphatic rings. The van der Waals surface area contributed by atoms with Crippen molar-refractivity contribution in [3.8, 4) is 11.5 Å². The SMILES string of the molecule is CCCOc1ccc([C@@H]2C(=C(O)c3ccc(OC)cc3)C(=O)C(=O)N2CCN(CC)CC)cc1. The number of carbonyl (C=O) groups is 2. The summed E-state index contributed by atoms with van der Waals surface area (Å²) in [5.41, 5.74) is 1.30. The average Bonchev–Trinajstić information content (AvgIpc) is 3.13. The Labute approximate surface area is 201 Å². The number of carbonyl (C=O) groups excluding carboxylic acids is 2. The predicted octanol–water partition coefficient (Wildman–Crippen LogP) is 4.25. The molecule has 1 N–H and O–H groups in total. The zero-order chi connectivity index (χ0) is 24.7. The normalized spacial score (nSPS) is 17.4. The molecule has 1 amide bonds. The maximum Gasteiger partial charge on any atom is 0.295 e. The Morgan fingerprint density at radius 3 is 2.15 bits per heavy atom. The van der Waals surface area contributed by atoms with Gasteiger partial charge in [-0.05, 0) is 61.5 Å². The number of Topliss-reactive ketones (excluding diaryl/α,β-unsaturated/α-hetero) is 1. The molecule has 0 saturated carbocycles. The molecule has 2 aromatic rings. The molecule has 0 unspecified atom stereocenters. The molecule has 2 aromatic carbocycles. The molecule has 3 rings (SSSR count). The molecule has 0 aliphatic carbocycles. The van der Waals surface area contributed by atoms with E-state index in [1.165, 1.54) is 0 Å². The average molecular weight is 467 g/mol. The van der Waals surface area contributed by atoms with Gasteiger partial charge in [-0.1, -0.05) is 32.9 Å². The highest BCUT2D eigenvalue weighted by Crippen LogP contribution is 2.39. The van der Waals surface area contributed by atoms with E-state index in [9.17, 15) is 14.7 Å². The first kappa shape index (κ1) is 25.3. The second-order valence-electron chi connectivity index (χ2n) is 8.17. The molecular formula is C27H34N2O5. The van der Waals surface area contributed by atoms with E-state index in [4.69, 9.17) is 9.47 Å². The first-order valence-electron chi connectivity index (χ1n) is 11.8. The number of ketones is 1. The Morgan fingerprint density at radius 1 is 0.971 bits per heavy atom. The van der Waals surface area contributed by atoms with Crippen molar-refractivity contribution < 1.29 is 24.2 Å². The van der Waals surface area contributed by atoms with Crippen molar-refractivity contribution >= 4 is 17.4 Å². The maximum atomic E-state index is 13.2. The number of amides is 1. The molecule has 0 radical (unpaired) electrons. The Bertz CT molecular complexity index is 1010. The molecule has 0 bridgehead atoms. The predicted molar refractivity (Wildman–Crippen MR) is 132 cm³/mol. The molecule has 7 nitrogen and oxygen atoms in total. The van der Waals surface area contributed by atoms with Gasteiger partial charge in [0.1, 0.15) is 17.3 Å². The molecule has 182 valence electrons. The van der Waals surface area contributed by atoms with E-state index < -0.39 is 17.7 Å². The van der Waals surface area contributed by atoms with Gasteiger partial charge < -0.3 is 24.4 Å². The van der Waals surface area contributed by atoms with E-state index in [1.54, 1.807) is 36.3 Å². The quantitative estimate of drug-likeness (QED) is 0.303. The van der Waals surface area contributed by atoms with Crippen molar-refractivity contribution in [2.24, 2.45) is 0 Å². The van der Waals surface area contributed by atoms with Crippen molar-refractivity contribution in [3.05, 3.63) is 65.2 Å². The first-order chi connectivity index (χ1) is 16.4. The lowest BCUT2D eigenvalue weighted by Crippen LogP contribution is -2.38. The number of hydrogen-bond acceptors (Lipinski definition) is 6. The number of likely N-dealkylation sites (tertiary alicyclic amines) is 1. The third-order valence-corrected chi connectivity index (χ3v) is 6.12. The Morgan fingerprint density at radius 2 is 1.59 bits per heavy atom. The van der Waals surface area contributed by atoms with Crippen LogP contribution in [0, 0.1) is 0 Å². The fraction of sp³-hybridized carbons (Fsp3) is 0.407. The fourth-order valence-corrected chi connectivity index (χ4v) is 4.12. The van der Waals surface area contributed by atoms with Gasteiger partial charge in [0.25, 0.3) is 11.7 Å². The van der Waals surface area contributed by atoms with Crippen LogP contribution in [0.3, 0.4) is 0 Å². The number of ether oxygens (including phenoxy) is 2. The number of methoxy groups -OCH3 is 1. The van der Waals surface area contributed by atoms with E-state index in [1.807, 2.05) is 31.2 Å². The molecule has 0 spiro atoms. The van der Waals surface area contributed by atoms with E-state index in [0.717, 1.165) is 30.8 Å². The van der Waals surface area contributed by atoms with Gasteiger partial charge in [0.2, 0.25) is 0 Å². The third-order valence-electron chi connectivity index (χ3n) is 6.12. The van der Waals surface area contributed by atoms with E-state index in [-0.39, 0.29) is 11.3 Å². The second kappa shape index (κ2) is 11.7. The van der Waals surface area contributed by atoms with Crippen molar-refractivity contribution in [2.75, 3.05) is 39.9 Å². The number of aliphatic hydroxyl groups excluding tert-OH is 1. The third kappa shape index (κ3) is 5.42. The summed E-state index contributed by atoms with van der Waals surface area (Å²) >= 11 is 0. The molecule has 1 atom stereocenters. The van der Waals surface area contributed by atoms with Crippen LogP contribution in [0.15, 0.2) is 54.1 Å². The van der Waals surface area contributed by atoms with Gasteiger partial charge in [0.05, 0.1) is 25.3 Å². The van der Waals surface area contributed by atoms with Crippen molar-refractivity contribution in [2.45, 2.75) is 33.2 Å². The van der Waals surface area contributed by atoms with Gasteiger partial charge in [0, 0.05) is 18.7 Å². The van der Waals surface area contributed by atoms with Crippen molar-refractivity contribution in [3.63, 3.8) is 0 Å². The van der Waals surface area contributed by atoms with Gasteiger partial charge in [-0.15, -0.1) is 0 Å². The number of hydrogen-bond donors (Lipinski definition) is 1. The van der Waals surface area contributed by atoms with Crippen LogP contribution in [0.1, 0.15) is 44.4 Å². The van der Waals surface area contributed by atoms with E-state index in [0.29, 0.717) is 31.0 Å². The first-order valence-corrected chi connectivity index (χ1v) is 11.8. The van der Waals surface area contributed by atoms with Gasteiger partial charge >= 0.3 is 0 Å². The van der Waals surface area contributed by atoms with Gasteiger partial charge in [0.15, 0.2) is 0 Å². The second-order valence-corrected chi connectivity index (χ2v) is 8.17. The summed E-state index contributed by atoms with van der Waals surface area (Å²) in [4.78, 5) is 30.0. The summed E-state index contributed by atoms with van der Waals surface area (Å²) in [6.07, 6.45) is 0.898. The highest BCUT2D eigenvalue weighted by Gasteiger charge is 2.45. The highest BCUT2D eigenvalue weighted by molar-refractivity contribution is 6.46. The monoisotopic (exact) mass is 466 g/mol. The van der Waals surface area contributed by atoms with Crippen LogP contribution in [0.2, 0.25) is 0 Å². The zero-order valence-electron chi connectivity index (χ0n) is 20.4. The summed E-state index contributed by atoms with van der Waals surface area (Å²) in [5, 5.41) is 11.2. The number of aliphatic hydroxyl groups is 1. The van der Waals surface area contributed by atoms with Crippen LogP contribution in [-0.2, 0) is 9.59 Å². The van der Waals surface area contributed by atoms with Crippen LogP contribution in [0.25, 0.3) is 5.76 Å². The van der Waals surface area contributed by atoms with E-state index in [2.05, 4.69) is 18.7 Å². The summed E-state index contributed by atoms with van der Waals surface area (Å²) in [6, 6.07) is 13.5. The number of benzene rings is 2. The van der Waals surface area contributed by atoms with Gasteiger partial charge in [-0.25, -0.2) is 0 Å². The Balaban J connectivity index is 2.04. The fourth-order valence-electron chi connectivity index (χ4n) is 4.12. The van der Waals surface area contributed by atoms with Crippen LogP contribution in [-0.4, -0.2) is 66.5 Å². The molecule has 1 aliphatic heterocycles. The molecule has 34 heavy (non-hydrogen) atoms.